The number of nitrogens with one attached hydrogen (secondary N) is 1. The number of halogens is 1. The standard InChI is InChI=1S/C22H17ClN2O7/c23-16-10(11-7-8-13(26)24-22(11)32)4-3-5-12(16)15-18(28)20(30)17(21(31)19(15)29)25-9-2-1-6-14(25)27/h1-6,9,11,28-31H,7-8H2,(H,24,26,32). The second-order valence-electron chi connectivity index (χ2n) is 7.24. The topological polar surface area (TPSA) is 149 Å². The van der Waals surface area contributed by atoms with Crippen molar-refractivity contribution in [1.29, 1.82) is 0 Å². The predicted octanol–water partition coefficient (Wildman–Crippen LogP) is 2.50. The smallest absolute Gasteiger partial charge is 0.255 e. The largest absolute Gasteiger partial charge is 0.504 e. The summed E-state index contributed by atoms with van der Waals surface area (Å²) in [4.78, 5) is 35.9. The van der Waals surface area contributed by atoms with E-state index < -0.39 is 52.0 Å². The number of hydrogen-bond donors (Lipinski definition) is 5. The Labute approximate surface area is 185 Å². The van der Waals surface area contributed by atoms with Gasteiger partial charge in [-0.2, -0.15) is 0 Å². The zero-order valence-corrected chi connectivity index (χ0v) is 17.1. The lowest BCUT2D eigenvalue weighted by Crippen LogP contribution is -2.39. The van der Waals surface area contributed by atoms with Crippen molar-refractivity contribution in [3.8, 4) is 39.8 Å². The van der Waals surface area contributed by atoms with Crippen molar-refractivity contribution in [2.24, 2.45) is 0 Å². The Morgan fingerprint density at radius 3 is 2.22 bits per heavy atom. The third-order valence-corrected chi connectivity index (χ3v) is 5.77. The fourth-order valence-corrected chi connectivity index (χ4v) is 4.14. The summed E-state index contributed by atoms with van der Waals surface area (Å²) in [5.74, 6) is -5.03. The number of carbonyl (C=O) groups is 2. The van der Waals surface area contributed by atoms with Gasteiger partial charge in [0.15, 0.2) is 23.0 Å². The summed E-state index contributed by atoms with van der Waals surface area (Å²) >= 11 is 6.50. The molecular weight excluding hydrogens is 440 g/mol. The Bertz CT molecular complexity index is 1300. The molecule has 9 nitrogen and oxygen atoms in total. The van der Waals surface area contributed by atoms with E-state index in [-0.39, 0.29) is 29.0 Å². The van der Waals surface area contributed by atoms with Gasteiger partial charge in [-0.25, -0.2) is 0 Å². The maximum atomic E-state index is 12.3. The third-order valence-electron chi connectivity index (χ3n) is 5.35. The van der Waals surface area contributed by atoms with Gasteiger partial charge in [0.25, 0.3) is 5.56 Å². The van der Waals surface area contributed by atoms with Crippen LogP contribution in [-0.2, 0) is 9.59 Å². The van der Waals surface area contributed by atoms with Crippen LogP contribution in [0.5, 0.6) is 23.0 Å². The number of hydrogen-bond acceptors (Lipinski definition) is 7. The molecule has 0 bridgehead atoms. The molecule has 32 heavy (non-hydrogen) atoms. The molecule has 0 saturated carbocycles. The Morgan fingerprint density at radius 1 is 0.906 bits per heavy atom. The second-order valence-corrected chi connectivity index (χ2v) is 7.62. The van der Waals surface area contributed by atoms with Crippen molar-refractivity contribution < 1.29 is 30.0 Å². The summed E-state index contributed by atoms with van der Waals surface area (Å²) < 4.78 is 0.856. The molecular formula is C22H17ClN2O7. The first-order chi connectivity index (χ1) is 15.2. The van der Waals surface area contributed by atoms with Crippen LogP contribution in [0.15, 0.2) is 47.4 Å². The minimum atomic E-state index is -0.855. The molecule has 0 aliphatic carbocycles. The molecule has 1 fully saturated rings. The number of phenolic OH excluding ortho intramolecular Hbond substituents is 4. The van der Waals surface area contributed by atoms with Crippen molar-refractivity contribution in [3.63, 3.8) is 0 Å². The predicted molar refractivity (Wildman–Crippen MR) is 114 cm³/mol. The number of rotatable bonds is 3. The monoisotopic (exact) mass is 456 g/mol. The van der Waals surface area contributed by atoms with Gasteiger partial charge in [-0.1, -0.05) is 35.9 Å². The number of aromatic hydroxyl groups is 4. The molecule has 4 rings (SSSR count). The molecule has 164 valence electrons. The van der Waals surface area contributed by atoms with Crippen LogP contribution in [0.25, 0.3) is 16.8 Å². The highest BCUT2D eigenvalue weighted by atomic mass is 35.5. The normalized spacial score (nSPS) is 16.1. The molecule has 1 atom stereocenters. The number of carbonyl (C=O) groups excluding carboxylic acids is 2. The van der Waals surface area contributed by atoms with Crippen molar-refractivity contribution in [2.75, 3.05) is 0 Å². The second kappa shape index (κ2) is 7.93. The van der Waals surface area contributed by atoms with Gasteiger partial charge in [-0.15, -0.1) is 0 Å². The third kappa shape index (κ3) is 3.32. The first kappa shape index (κ1) is 21.3. The summed E-state index contributed by atoms with van der Waals surface area (Å²) in [6.45, 7) is 0. The van der Waals surface area contributed by atoms with Gasteiger partial charge in [0, 0.05) is 24.2 Å². The summed E-state index contributed by atoms with van der Waals surface area (Å²) in [6.07, 6.45) is 1.58. The van der Waals surface area contributed by atoms with E-state index in [4.69, 9.17) is 11.6 Å². The van der Waals surface area contributed by atoms with Gasteiger partial charge in [-0.3, -0.25) is 24.3 Å². The zero-order valence-electron chi connectivity index (χ0n) is 16.4. The molecule has 3 aromatic rings. The molecule has 1 unspecified atom stereocenters. The van der Waals surface area contributed by atoms with Gasteiger partial charge in [-0.05, 0) is 18.1 Å². The van der Waals surface area contributed by atoms with Crippen molar-refractivity contribution in [2.45, 2.75) is 18.8 Å². The van der Waals surface area contributed by atoms with Crippen LogP contribution in [-0.4, -0.2) is 36.8 Å². The van der Waals surface area contributed by atoms with E-state index in [9.17, 15) is 34.8 Å². The Hall–Kier alpha value is -3.98. The molecule has 1 aromatic heterocycles. The number of phenols is 4. The van der Waals surface area contributed by atoms with E-state index >= 15 is 0 Å². The van der Waals surface area contributed by atoms with Crippen LogP contribution in [0.2, 0.25) is 5.02 Å². The molecule has 1 aliphatic rings. The lowest BCUT2D eigenvalue weighted by atomic mass is 9.88. The fourth-order valence-electron chi connectivity index (χ4n) is 3.78. The molecule has 2 heterocycles. The molecule has 1 aliphatic heterocycles. The average Bonchev–Trinajstić information content (AvgIpc) is 2.75. The molecule has 10 heteroatoms. The van der Waals surface area contributed by atoms with E-state index in [1.165, 1.54) is 36.5 Å². The first-order valence-electron chi connectivity index (χ1n) is 9.52. The highest BCUT2D eigenvalue weighted by Crippen LogP contribution is 2.54. The van der Waals surface area contributed by atoms with E-state index in [2.05, 4.69) is 5.32 Å². The minimum absolute atomic E-state index is 0.0176. The number of benzene rings is 2. The number of aromatic nitrogens is 1. The number of amides is 2. The fraction of sp³-hybridized carbons (Fsp3) is 0.136. The van der Waals surface area contributed by atoms with Gasteiger partial charge >= 0.3 is 0 Å². The van der Waals surface area contributed by atoms with Crippen molar-refractivity contribution in [1.82, 2.24) is 9.88 Å². The summed E-state index contributed by atoms with van der Waals surface area (Å²) in [6, 6.07) is 8.57. The number of nitrogens with zero attached hydrogens (tertiary/aromatic N) is 1. The van der Waals surface area contributed by atoms with Crippen LogP contribution in [0.4, 0.5) is 0 Å². The van der Waals surface area contributed by atoms with E-state index in [1.54, 1.807) is 6.07 Å². The van der Waals surface area contributed by atoms with Crippen LogP contribution in [0, 0.1) is 0 Å². The summed E-state index contributed by atoms with van der Waals surface area (Å²) in [7, 11) is 0. The first-order valence-corrected chi connectivity index (χ1v) is 9.90. The van der Waals surface area contributed by atoms with Gasteiger partial charge in [0.05, 0.1) is 16.5 Å². The van der Waals surface area contributed by atoms with Crippen molar-refractivity contribution in [3.05, 3.63) is 63.5 Å². The highest BCUT2D eigenvalue weighted by Gasteiger charge is 2.32. The lowest BCUT2D eigenvalue weighted by molar-refractivity contribution is -0.134. The molecule has 0 radical (unpaired) electrons. The van der Waals surface area contributed by atoms with Crippen LogP contribution >= 0.6 is 11.6 Å². The van der Waals surface area contributed by atoms with E-state index in [1.807, 2.05) is 0 Å². The van der Waals surface area contributed by atoms with E-state index in [0.29, 0.717) is 5.56 Å². The average molecular weight is 457 g/mol. The maximum absolute atomic E-state index is 12.3. The van der Waals surface area contributed by atoms with Crippen molar-refractivity contribution >= 4 is 23.4 Å². The number of imide groups is 1. The van der Waals surface area contributed by atoms with Gasteiger partial charge in [0.1, 0.15) is 5.69 Å². The van der Waals surface area contributed by atoms with Crippen LogP contribution in [0.3, 0.4) is 0 Å². The zero-order chi connectivity index (χ0) is 23.2. The summed E-state index contributed by atoms with van der Waals surface area (Å²) in [5, 5.41) is 44.7. The molecule has 2 aromatic carbocycles. The SMILES string of the molecule is O=C1CCC(c2cccc(-c3c(O)c(O)c(-n4ccccc4=O)c(O)c3O)c2Cl)C(=O)N1. The Kier molecular flexibility index (Phi) is 5.27. The number of piperidine rings is 1. The minimum Gasteiger partial charge on any atom is -0.504 e. The van der Waals surface area contributed by atoms with Crippen LogP contribution in [0.1, 0.15) is 24.3 Å². The molecule has 5 N–H and O–H groups in total. The van der Waals surface area contributed by atoms with Gasteiger partial charge in [0.2, 0.25) is 11.8 Å². The summed E-state index contributed by atoms with van der Waals surface area (Å²) in [5.41, 5.74) is -1.14. The molecule has 0 spiro atoms. The maximum Gasteiger partial charge on any atom is 0.255 e. The van der Waals surface area contributed by atoms with E-state index in [0.717, 1.165) is 4.57 Å². The number of pyridine rings is 1. The highest BCUT2D eigenvalue weighted by molar-refractivity contribution is 6.34. The van der Waals surface area contributed by atoms with Gasteiger partial charge < -0.3 is 20.4 Å². The molecule has 1 saturated heterocycles. The van der Waals surface area contributed by atoms with Crippen LogP contribution < -0.4 is 10.9 Å². The Morgan fingerprint density at radius 2 is 1.59 bits per heavy atom. The Balaban J connectivity index is 1.91. The quantitative estimate of drug-likeness (QED) is 0.231. The lowest BCUT2D eigenvalue weighted by Gasteiger charge is -2.23. The molecule has 2 amide bonds.